The van der Waals surface area contributed by atoms with E-state index < -0.39 is 0 Å². The van der Waals surface area contributed by atoms with Crippen molar-refractivity contribution in [3.63, 3.8) is 0 Å². The predicted octanol–water partition coefficient (Wildman–Crippen LogP) is 4.61. The molecule has 0 aromatic heterocycles. The van der Waals surface area contributed by atoms with E-state index >= 15 is 0 Å². The van der Waals surface area contributed by atoms with Gasteiger partial charge in [-0.2, -0.15) is 0 Å². The molecule has 3 aromatic rings. The zero-order valence-corrected chi connectivity index (χ0v) is 19.0. The monoisotopic (exact) mass is 438 g/mol. The SMILES string of the molecule is CC(=O)N1C[C@H](Cc2ccccc2)N(C(=O)/C=C/c2ccccc2)C[C@@H]1Cc1ccccc1. The molecule has 3 aromatic carbocycles. The lowest BCUT2D eigenvalue weighted by Gasteiger charge is -2.46. The van der Waals surface area contributed by atoms with Gasteiger partial charge in [-0.3, -0.25) is 9.59 Å². The third kappa shape index (κ3) is 5.98. The van der Waals surface area contributed by atoms with Crippen LogP contribution in [0.5, 0.6) is 0 Å². The van der Waals surface area contributed by atoms with Crippen LogP contribution in [0.25, 0.3) is 6.08 Å². The number of hydrogen-bond donors (Lipinski definition) is 0. The van der Waals surface area contributed by atoms with Crippen molar-refractivity contribution in [3.05, 3.63) is 114 Å². The molecule has 2 atom stereocenters. The van der Waals surface area contributed by atoms with Gasteiger partial charge in [-0.05, 0) is 35.6 Å². The maximum absolute atomic E-state index is 13.4. The van der Waals surface area contributed by atoms with Crippen LogP contribution in [0, 0.1) is 0 Å². The third-order valence-electron chi connectivity index (χ3n) is 6.23. The van der Waals surface area contributed by atoms with Crippen molar-refractivity contribution < 1.29 is 9.59 Å². The van der Waals surface area contributed by atoms with Crippen molar-refractivity contribution in [1.82, 2.24) is 9.80 Å². The number of benzene rings is 3. The van der Waals surface area contributed by atoms with Gasteiger partial charge < -0.3 is 9.80 Å². The summed E-state index contributed by atoms with van der Waals surface area (Å²) in [5.41, 5.74) is 3.33. The van der Waals surface area contributed by atoms with Gasteiger partial charge in [0.25, 0.3) is 0 Å². The summed E-state index contributed by atoms with van der Waals surface area (Å²) in [4.78, 5) is 29.9. The Balaban J connectivity index is 1.60. The van der Waals surface area contributed by atoms with Crippen molar-refractivity contribution in [3.8, 4) is 0 Å². The van der Waals surface area contributed by atoms with Crippen LogP contribution in [0.1, 0.15) is 23.6 Å². The minimum atomic E-state index is -0.0729. The zero-order valence-electron chi connectivity index (χ0n) is 19.0. The van der Waals surface area contributed by atoms with Gasteiger partial charge in [0.15, 0.2) is 0 Å². The van der Waals surface area contributed by atoms with Crippen molar-refractivity contribution in [2.45, 2.75) is 31.8 Å². The second kappa shape index (κ2) is 10.8. The van der Waals surface area contributed by atoms with Crippen molar-refractivity contribution >= 4 is 17.9 Å². The van der Waals surface area contributed by atoms with E-state index in [9.17, 15) is 9.59 Å². The van der Waals surface area contributed by atoms with E-state index in [-0.39, 0.29) is 23.9 Å². The molecule has 1 aliphatic heterocycles. The lowest BCUT2D eigenvalue weighted by Crippen LogP contribution is -2.61. The Morgan fingerprint density at radius 2 is 1.18 bits per heavy atom. The Kier molecular flexibility index (Phi) is 7.36. The topological polar surface area (TPSA) is 40.6 Å². The highest BCUT2D eigenvalue weighted by molar-refractivity contribution is 5.92. The summed E-state index contributed by atoms with van der Waals surface area (Å²) >= 11 is 0. The highest BCUT2D eigenvalue weighted by Crippen LogP contribution is 2.23. The first-order valence-corrected chi connectivity index (χ1v) is 11.5. The first-order valence-electron chi connectivity index (χ1n) is 11.5. The number of hydrogen-bond acceptors (Lipinski definition) is 2. The van der Waals surface area contributed by atoms with Gasteiger partial charge >= 0.3 is 0 Å². The molecule has 1 saturated heterocycles. The molecule has 0 aliphatic carbocycles. The summed E-state index contributed by atoms with van der Waals surface area (Å²) in [6.07, 6.45) is 4.97. The Morgan fingerprint density at radius 3 is 1.70 bits per heavy atom. The zero-order chi connectivity index (χ0) is 23.0. The Bertz CT molecular complexity index is 1080. The van der Waals surface area contributed by atoms with Gasteiger partial charge in [-0.25, -0.2) is 0 Å². The maximum Gasteiger partial charge on any atom is 0.246 e. The summed E-state index contributed by atoms with van der Waals surface area (Å²) in [5, 5.41) is 0. The van der Waals surface area contributed by atoms with Crippen molar-refractivity contribution in [2.75, 3.05) is 13.1 Å². The molecular weight excluding hydrogens is 408 g/mol. The van der Waals surface area contributed by atoms with Crippen LogP contribution in [-0.2, 0) is 22.4 Å². The Hall–Kier alpha value is -3.66. The van der Waals surface area contributed by atoms with E-state index in [1.807, 2.05) is 82.6 Å². The molecule has 0 radical (unpaired) electrons. The van der Waals surface area contributed by atoms with Crippen LogP contribution in [-0.4, -0.2) is 46.8 Å². The minimum Gasteiger partial charge on any atom is -0.336 e. The molecule has 4 heteroatoms. The van der Waals surface area contributed by atoms with Gasteiger partial charge in [-0.15, -0.1) is 0 Å². The standard InChI is InChI=1S/C29H30N2O2/c1-23(32)30-21-28(20-26-15-9-4-10-16-26)31(22-27(30)19-25-13-7-3-8-14-25)29(33)18-17-24-11-5-2-6-12-24/h2-18,27-28H,19-22H2,1H3/b18-17+/t27-,28-/m0/s1. The normalized spacial score (nSPS) is 18.5. The fourth-order valence-corrected chi connectivity index (χ4v) is 4.55. The lowest BCUT2D eigenvalue weighted by molar-refractivity contribution is -0.142. The van der Waals surface area contributed by atoms with Gasteiger partial charge in [0.1, 0.15) is 0 Å². The quantitative estimate of drug-likeness (QED) is 0.527. The molecule has 168 valence electrons. The average molecular weight is 439 g/mol. The summed E-state index contributed by atoms with van der Waals surface area (Å²) in [7, 11) is 0. The molecule has 0 spiro atoms. The predicted molar refractivity (Wildman–Crippen MR) is 132 cm³/mol. The molecule has 1 aliphatic rings. The fraction of sp³-hybridized carbons (Fsp3) is 0.241. The van der Waals surface area contributed by atoms with Crippen molar-refractivity contribution in [2.24, 2.45) is 0 Å². The number of piperazine rings is 1. The van der Waals surface area contributed by atoms with Crippen LogP contribution >= 0.6 is 0 Å². The van der Waals surface area contributed by atoms with Crippen LogP contribution in [0.2, 0.25) is 0 Å². The first kappa shape index (κ1) is 22.5. The molecule has 0 N–H and O–H groups in total. The number of carbonyl (C=O) groups excluding carboxylic acids is 2. The summed E-state index contributed by atoms with van der Waals surface area (Å²) in [5.74, 6) is 0.0435. The average Bonchev–Trinajstić information content (AvgIpc) is 2.85. The van der Waals surface area contributed by atoms with Crippen LogP contribution in [0.15, 0.2) is 97.1 Å². The van der Waals surface area contributed by atoms with E-state index in [1.165, 1.54) is 5.56 Å². The molecule has 0 unspecified atom stereocenters. The minimum absolute atomic E-state index is 0.0129. The molecule has 0 saturated carbocycles. The van der Waals surface area contributed by atoms with Gasteiger partial charge in [0, 0.05) is 26.1 Å². The molecule has 1 fully saturated rings. The molecule has 0 bridgehead atoms. The van der Waals surface area contributed by atoms with E-state index in [2.05, 4.69) is 24.3 Å². The van der Waals surface area contributed by atoms with E-state index in [1.54, 1.807) is 13.0 Å². The molecule has 4 rings (SSSR count). The van der Waals surface area contributed by atoms with E-state index in [0.29, 0.717) is 19.5 Å². The second-order valence-electron chi connectivity index (χ2n) is 8.59. The summed E-state index contributed by atoms with van der Waals surface area (Å²) in [6.45, 7) is 2.68. The summed E-state index contributed by atoms with van der Waals surface area (Å²) in [6, 6.07) is 30.1. The van der Waals surface area contributed by atoms with Crippen molar-refractivity contribution in [1.29, 1.82) is 0 Å². The van der Waals surface area contributed by atoms with Gasteiger partial charge in [0.05, 0.1) is 12.1 Å². The van der Waals surface area contributed by atoms with Crippen LogP contribution < -0.4 is 0 Å². The molecule has 4 nitrogen and oxygen atoms in total. The first-order chi connectivity index (χ1) is 16.1. The van der Waals surface area contributed by atoms with E-state index in [4.69, 9.17) is 0 Å². The molecule has 1 heterocycles. The number of nitrogens with zero attached hydrogens (tertiary/aromatic N) is 2. The second-order valence-corrected chi connectivity index (χ2v) is 8.59. The third-order valence-corrected chi connectivity index (χ3v) is 6.23. The Labute approximate surface area is 196 Å². The fourth-order valence-electron chi connectivity index (χ4n) is 4.55. The largest absolute Gasteiger partial charge is 0.336 e. The van der Waals surface area contributed by atoms with Gasteiger partial charge in [-0.1, -0.05) is 91.0 Å². The lowest BCUT2D eigenvalue weighted by atomic mass is 9.95. The van der Waals surface area contributed by atoms with Crippen LogP contribution in [0.4, 0.5) is 0 Å². The number of amides is 2. The highest BCUT2D eigenvalue weighted by atomic mass is 16.2. The molecular formula is C29H30N2O2. The maximum atomic E-state index is 13.4. The Morgan fingerprint density at radius 1 is 0.727 bits per heavy atom. The molecule has 33 heavy (non-hydrogen) atoms. The van der Waals surface area contributed by atoms with E-state index in [0.717, 1.165) is 17.5 Å². The smallest absolute Gasteiger partial charge is 0.246 e. The number of carbonyl (C=O) groups is 2. The molecule has 2 amide bonds. The highest BCUT2D eigenvalue weighted by Gasteiger charge is 2.36. The van der Waals surface area contributed by atoms with Gasteiger partial charge in [0.2, 0.25) is 11.8 Å². The number of rotatable bonds is 6. The van der Waals surface area contributed by atoms with Crippen LogP contribution in [0.3, 0.4) is 0 Å². The summed E-state index contributed by atoms with van der Waals surface area (Å²) < 4.78 is 0.